The van der Waals surface area contributed by atoms with Crippen LogP contribution in [0.3, 0.4) is 0 Å². The average molecular weight is 416 g/mol. The third-order valence-electron chi connectivity index (χ3n) is 4.76. The van der Waals surface area contributed by atoms with Crippen LogP contribution in [0.15, 0.2) is 42.6 Å². The Morgan fingerprint density at radius 1 is 1.28 bits per heavy atom. The molecule has 8 heteroatoms. The Labute approximate surface area is 174 Å². The summed E-state index contributed by atoms with van der Waals surface area (Å²) in [5, 5.41) is 3.00. The highest BCUT2D eigenvalue weighted by Crippen LogP contribution is 2.26. The minimum atomic E-state index is -1.02. The van der Waals surface area contributed by atoms with E-state index in [9.17, 15) is 14.4 Å². The van der Waals surface area contributed by atoms with E-state index < -0.39 is 23.9 Å². The number of halogens is 1. The van der Waals surface area contributed by atoms with Crippen molar-refractivity contribution in [3.63, 3.8) is 0 Å². The van der Waals surface area contributed by atoms with Crippen LogP contribution < -0.4 is 10.2 Å². The standard InChI is InChI=1S/C21H22ClN3O4/c1-3-14-4-7-17(8-5-14)25-12-15(10-19(25)26)21(28)29-13(2)20(27)24-18-9-6-16(22)11-23-18/h4-9,11,13,15H,3,10,12H2,1-2H3,(H,23,24,27)/t13-,15-/m0/s1. The number of amides is 2. The van der Waals surface area contributed by atoms with Crippen LogP contribution in [-0.4, -0.2) is 35.4 Å². The molecule has 2 atom stereocenters. The molecule has 0 spiro atoms. The molecule has 3 rings (SSSR count). The molecule has 152 valence electrons. The van der Waals surface area contributed by atoms with Gasteiger partial charge in [-0.2, -0.15) is 0 Å². The molecule has 0 radical (unpaired) electrons. The molecule has 1 aliphatic rings. The summed E-state index contributed by atoms with van der Waals surface area (Å²) < 4.78 is 5.28. The lowest BCUT2D eigenvalue weighted by Crippen LogP contribution is -2.33. The Balaban J connectivity index is 1.56. The minimum Gasteiger partial charge on any atom is -0.452 e. The van der Waals surface area contributed by atoms with Crippen LogP contribution in [0.25, 0.3) is 0 Å². The van der Waals surface area contributed by atoms with Gasteiger partial charge in [0.25, 0.3) is 5.91 Å². The lowest BCUT2D eigenvalue weighted by atomic mass is 10.1. The third kappa shape index (κ3) is 5.12. The Kier molecular flexibility index (Phi) is 6.49. The maximum Gasteiger partial charge on any atom is 0.312 e. The number of carbonyl (C=O) groups is 3. The highest BCUT2D eigenvalue weighted by molar-refractivity contribution is 6.30. The molecule has 2 heterocycles. The summed E-state index contributed by atoms with van der Waals surface area (Å²) in [4.78, 5) is 42.6. The average Bonchev–Trinajstić information content (AvgIpc) is 3.11. The molecule has 1 fully saturated rings. The number of carbonyl (C=O) groups excluding carboxylic acids is 3. The molecule has 1 aliphatic heterocycles. The Morgan fingerprint density at radius 2 is 2.00 bits per heavy atom. The van der Waals surface area contributed by atoms with Crippen molar-refractivity contribution < 1.29 is 19.1 Å². The summed E-state index contributed by atoms with van der Waals surface area (Å²) in [6.07, 6.45) is 1.35. The van der Waals surface area contributed by atoms with Gasteiger partial charge >= 0.3 is 5.97 Å². The van der Waals surface area contributed by atoms with Gasteiger partial charge in [0.15, 0.2) is 6.10 Å². The molecular formula is C21H22ClN3O4. The number of hydrogen-bond donors (Lipinski definition) is 1. The maximum atomic E-state index is 12.5. The first-order valence-electron chi connectivity index (χ1n) is 9.39. The number of benzene rings is 1. The van der Waals surface area contributed by atoms with Crippen molar-refractivity contribution >= 4 is 40.9 Å². The van der Waals surface area contributed by atoms with Crippen molar-refractivity contribution in [2.45, 2.75) is 32.8 Å². The molecule has 0 bridgehead atoms. The fourth-order valence-electron chi connectivity index (χ4n) is 3.03. The normalized spacial score (nSPS) is 17.1. The van der Waals surface area contributed by atoms with Crippen LogP contribution >= 0.6 is 11.6 Å². The molecule has 1 saturated heterocycles. The zero-order valence-corrected chi connectivity index (χ0v) is 17.0. The van der Waals surface area contributed by atoms with Crippen molar-refractivity contribution in [3.8, 4) is 0 Å². The molecule has 0 saturated carbocycles. The summed E-state index contributed by atoms with van der Waals surface area (Å²) in [5.74, 6) is -1.53. The number of nitrogens with zero attached hydrogens (tertiary/aromatic N) is 2. The largest absolute Gasteiger partial charge is 0.452 e. The number of esters is 1. The Morgan fingerprint density at radius 3 is 2.62 bits per heavy atom. The van der Waals surface area contributed by atoms with E-state index in [1.807, 2.05) is 24.3 Å². The molecule has 1 aromatic heterocycles. The van der Waals surface area contributed by atoms with Crippen molar-refractivity contribution in [1.82, 2.24) is 4.98 Å². The van der Waals surface area contributed by atoms with Gasteiger partial charge in [-0.15, -0.1) is 0 Å². The summed E-state index contributed by atoms with van der Waals surface area (Å²) in [6.45, 7) is 3.76. The third-order valence-corrected chi connectivity index (χ3v) is 4.98. The lowest BCUT2D eigenvalue weighted by molar-refractivity contribution is -0.157. The molecular weight excluding hydrogens is 394 g/mol. The number of ether oxygens (including phenoxy) is 1. The van der Waals surface area contributed by atoms with E-state index in [1.165, 1.54) is 18.7 Å². The van der Waals surface area contributed by atoms with E-state index in [1.54, 1.807) is 17.0 Å². The topological polar surface area (TPSA) is 88.6 Å². The zero-order valence-electron chi connectivity index (χ0n) is 16.2. The SMILES string of the molecule is CCc1ccc(N2C[C@@H](C(=O)O[C@@H](C)C(=O)Nc3ccc(Cl)cn3)CC2=O)cc1. The second kappa shape index (κ2) is 9.05. The van der Waals surface area contributed by atoms with E-state index in [0.717, 1.165) is 12.1 Å². The molecule has 7 nitrogen and oxygen atoms in total. The molecule has 29 heavy (non-hydrogen) atoms. The lowest BCUT2D eigenvalue weighted by Gasteiger charge is -2.18. The van der Waals surface area contributed by atoms with Crippen molar-refractivity contribution in [2.24, 2.45) is 5.92 Å². The predicted molar refractivity (Wildman–Crippen MR) is 110 cm³/mol. The van der Waals surface area contributed by atoms with Gasteiger partial charge in [0, 0.05) is 24.8 Å². The first-order valence-corrected chi connectivity index (χ1v) is 9.77. The quantitative estimate of drug-likeness (QED) is 0.732. The fraction of sp³-hybridized carbons (Fsp3) is 0.333. The van der Waals surface area contributed by atoms with Gasteiger partial charge in [0.1, 0.15) is 5.82 Å². The van der Waals surface area contributed by atoms with Gasteiger partial charge in [-0.25, -0.2) is 4.98 Å². The first kappa shape index (κ1) is 20.8. The number of aryl methyl sites for hydroxylation is 1. The van der Waals surface area contributed by atoms with Crippen LogP contribution in [0.4, 0.5) is 11.5 Å². The second-order valence-electron chi connectivity index (χ2n) is 6.86. The number of pyridine rings is 1. The zero-order chi connectivity index (χ0) is 21.0. The summed E-state index contributed by atoms with van der Waals surface area (Å²) in [7, 11) is 0. The van der Waals surface area contributed by atoms with E-state index in [0.29, 0.717) is 10.8 Å². The second-order valence-corrected chi connectivity index (χ2v) is 7.29. The van der Waals surface area contributed by atoms with Crippen LogP contribution in [0.5, 0.6) is 0 Å². The van der Waals surface area contributed by atoms with Crippen LogP contribution in [-0.2, 0) is 25.5 Å². The number of nitrogens with one attached hydrogen (secondary N) is 1. The first-order chi connectivity index (χ1) is 13.9. The van der Waals surface area contributed by atoms with Crippen LogP contribution in [0, 0.1) is 5.92 Å². The number of aromatic nitrogens is 1. The molecule has 1 N–H and O–H groups in total. The molecule has 0 aliphatic carbocycles. The summed E-state index contributed by atoms with van der Waals surface area (Å²) >= 11 is 5.76. The van der Waals surface area contributed by atoms with Crippen molar-refractivity contribution in [1.29, 1.82) is 0 Å². The van der Waals surface area contributed by atoms with E-state index in [2.05, 4.69) is 17.2 Å². The van der Waals surface area contributed by atoms with Gasteiger partial charge in [-0.3, -0.25) is 14.4 Å². The molecule has 0 unspecified atom stereocenters. The van der Waals surface area contributed by atoms with Crippen molar-refractivity contribution in [2.75, 3.05) is 16.8 Å². The van der Waals surface area contributed by atoms with Crippen LogP contribution in [0.1, 0.15) is 25.8 Å². The summed E-state index contributed by atoms with van der Waals surface area (Å²) in [6, 6.07) is 10.8. The molecule has 1 aromatic carbocycles. The molecule has 2 amide bonds. The van der Waals surface area contributed by atoms with Gasteiger partial charge in [-0.05, 0) is 43.2 Å². The number of hydrogen-bond acceptors (Lipinski definition) is 5. The van der Waals surface area contributed by atoms with Crippen molar-refractivity contribution in [3.05, 3.63) is 53.2 Å². The molecule has 2 aromatic rings. The Bertz CT molecular complexity index is 899. The highest BCUT2D eigenvalue weighted by atomic mass is 35.5. The smallest absolute Gasteiger partial charge is 0.312 e. The van der Waals surface area contributed by atoms with E-state index in [4.69, 9.17) is 16.3 Å². The maximum absolute atomic E-state index is 12.5. The van der Waals surface area contributed by atoms with Crippen LogP contribution in [0.2, 0.25) is 5.02 Å². The minimum absolute atomic E-state index is 0.0570. The number of rotatable bonds is 6. The predicted octanol–water partition coefficient (Wildman–Crippen LogP) is 3.22. The van der Waals surface area contributed by atoms with Gasteiger partial charge in [-0.1, -0.05) is 30.7 Å². The fourth-order valence-corrected chi connectivity index (χ4v) is 3.14. The highest BCUT2D eigenvalue weighted by Gasteiger charge is 2.37. The number of anilines is 2. The summed E-state index contributed by atoms with van der Waals surface area (Å²) in [5.41, 5.74) is 1.92. The Hall–Kier alpha value is -2.93. The van der Waals surface area contributed by atoms with Gasteiger partial charge in [0.2, 0.25) is 5.91 Å². The van der Waals surface area contributed by atoms with Gasteiger partial charge < -0.3 is 15.0 Å². The van der Waals surface area contributed by atoms with Gasteiger partial charge in [0.05, 0.1) is 10.9 Å². The van der Waals surface area contributed by atoms with E-state index >= 15 is 0 Å². The monoisotopic (exact) mass is 415 g/mol. The van der Waals surface area contributed by atoms with E-state index in [-0.39, 0.29) is 18.9 Å².